The zero-order chi connectivity index (χ0) is 70.8. The summed E-state index contributed by atoms with van der Waals surface area (Å²) in [6.45, 7) is 7.04. The van der Waals surface area contributed by atoms with Crippen molar-refractivity contribution in [3.05, 3.63) is 208 Å². The van der Waals surface area contributed by atoms with Crippen LogP contribution in [0, 0.1) is 51.8 Å². The molecule has 5 saturated carbocycles. The number of fused-ring (bicyclic) bond motifs is 12. The van der Waals surface area contributed by atoms with Gasteiger partial charge < -0.3 is 45.6 Å². The lowest BCUT2D eigenvalue weighted by Crippen LogP contribution is -2.44. The van der Waals surface area contributed by atoms with Gasteiger partial charge in [-0.25, -0.2) is 0 Å². The van der Waals surface area contributed by atoms with Gasteiger partial charge in [0.25, 0.3) is 0 Å². The number of methoxy groups -OCH3 is 3. The van der Waals surface area contributed by atoms with Gasteiger partial charge in [0.05, 0.1) is 52.8 Å². The molecule has 3 amide bonds. The summed E-state index contributed by atoms with van der Waals surface area (Å²) in [7, 11) is 5.39. The highest BCUT2D eigenvalue weighted by molar-refractivity contribution is 6.04. The molecule has 3 aromatic heterocycles. The first-order chi connectivity index (χ1) is 49.2. The topological polar surface area (TPSA) is 275 Å². The average molecular weight is 1370 g/mol. The number of primary amides is 3. The monoisotopic (exact) mass is 1370 g/mol. The number of nitrogens with zero attached hydrogens (tertiary/aromatic N) is 3. The Bertz CT molecular complexity index is 4580. The average Bonchev–Trinajstić information content (AvgIpc) is 1.56. The normalized spacial score (nSPS) is 34.5. The van der Waals surface area contributed by atoms with Gasteiger partial charge in [0, 0.05) is 154 Å². The van der Waals surface area contributed by atoms with Gasteiger partial charge in [-0.05, 0) is 148 Å². The Kier molecular flexibility index (Phi) is 17.1. The van der Waals surface area contributed by atoms with Gasteiger partial charge in [0.2, 0.25) is 17.7 Å². The summed E-state index contributed by atoms with van der Waals surface area (Å²) in [6.07, 6.45) is 29.7. The van der Waals surface area contributed by atoms with Gasteiger partial charge >= 0.3 is 0 Å². The van der Waals surface area contributed by atoms with Gasteiger partial charge in [0.15, 0.2) is 17.3 Å². The molecule has 18 atom stereocenters. The lowest BCUT2D eigenvalue weighted by molar-refractivity contribution is -0.127. The van der Waals surface area contributed by atoms with Crippen LogP contribution in [0.4, 0.5) is 0 Å². The minimum Gasteiger partial charge on any atom is -0.489 e. The molecular formula is C84H88N6O12. The van der Waals surface area contributed by atoms with Crippen LogP contribution in [0.2, 0.25) is 0 Å². The molecule has 9 aliphatic carbocycles. The number of allylic oxidation sites excluding steroid dienone is 10. The third-order valence-corrected chi connectivity index (χ3v) is 26.2. The van der Waals surface area contributed by atoms with Crippen LogP contribution in [0.25, 0.3) is 32.3 Å². The summed E-state index contributed by atoms with van der Waals surface area (Å²) in [5.74, 6) is 0.319. The Morgan fingerprint density at radius 1 is 0.451 bits per heavy atom. The molecule has 6 aromatic rings. The van der Waals surface area contributed by atoms with E-state index in [4.69, 9.17) is 45.6 Å². The molecular weight excluding hydrogens is 1280 g/mol. The van der Waals surface area contributed by atoms with Crippen LogP contribution < -0.4 is 17.2 Å². The lowest BCUT2D eigenvalue weighted by atomic mass is 9.61. The second-order valence-electron chi connectivity index (χ2n) is 31.4. The van der Waals surface area contributed by atoms with E-state index in [0.29, 0.717) is 53.3 Å². The molecule has 0 spiro atoms. The summed E-state index contributed by atoms with van der Waals surface area (Å²) in [4.78, 5) is 86.4. The highest BCUT2D eigenvalue weighted by Gasteiger charge is 2.62. The first-order valence-corrected chi connectivity index (χ1v) is 36.2. The molecule has 3 aliphatic heterocycles. The Balaban J connectivity index is 0.000000118. The molecule has 18 heteroatoms. The fourth-order valence-electron chi connectivity index (χ4n) is 20.8. The number of amides is 3. The molecule has 526 valence electrons. The van der Waals surface area contributed by atoms with Crippen LogP contribution in [0.3, 0.4) is 0 Å². The van der Waals surface area contributed by atoms with E-state index in [0.717, 1.165) is 72.1 Å². The van der Waals surface area contributed by atoms with Crippen molar-refractivity contribution >= 4 is 67.4 Å². The predicted octanol–water partition coefficient (Wildman–Crippen LogP) is 12.4. The van der Waals surface area contributed by atoms with Gasteiger partial charge in [-0.1, -0.05) is 81.5 Å². The number of ketones is 3. The van der Waals surface area contributed by atoms with Crippen LogP contribution in [-0.4, -0.2) is 108 Å². The summed E-state index contributed by atoms with van der Waals surface area (Å²) in [5, 5.41) is 6.92. The van der Waals surface area contributed by atoms with Gasteiger partial charge in [-0.3, -0.25) is 43.7 Å². The van der Waals surface area contributed by atoms with Gasteiger partial charge in [-0.15, -0.1) is 0 Å². The van der Waals surface area contributed by atoms with Crippen molar-refractivity contribution in [3.8, 4) is 0 Å². The number of carbonyl (C=O) groups is 6. The fraction of sp³-hybridized carbons (Fsp3) is 0.440. The largest absolute Gasteiger partial charge is 0.489 e. The van der Waals surface area contributed by atoms with Crippen LogP contribution in [-0.2, 0) is 57.2 Å². The molecule has 18 rings (SSSR count). The molecule has 18 nitrogen and oxygen atoms in total. The highest BCUT2D eigenvalue weighted by Crippen LogP contribution is 2.66. The molecule has 6 N–H and O–H groups in total. The smallest absolute Gasteiger partial charge is 0.221 e. The maximum absolute atomic E-state index is 12.7. The molecule has 0 radical (unpaired) electrons. The van der Waals surface area contributed by atoms with E-state index in [1.807, 2.05) is 55.4 Å². The molecule has 5 fully saturated rings. The highest BCUT2D eigenvalue weighted by atomic mass is 16.5. The van der Waals surface area contributed by atoms with Crippen molar-refractivity contribution in [3.63, 3.8) is 0 Å². The zero-order valence-corrected chi connectivity index (χ0v) is 58.6. The number of benzene rings is 3. The molecule has 0 bridgehead atoms. The number of hydrogen-bond donors (Lipinski definition) is 3. The number of Topliss-reactive ketones (excluding diaryl/α,β-unsaturated/α-hetero) is 3. The Labute approximate surface area is 593 Å². The molecule has 0 saturated heterocycles. The second-order valence-corrected chi connectivity index (χ2v) is 31.4. The van der Waals surface area contributed by atoms with E-state index in [1.54, 1.807) is 21.3 Å². The van der Waals surface area contributed by atoms with Crippen molar-refractivity contribution in [2.75, 3.05) is 21.3 Å². The minimum absolute atomic E-state index is 0.0107. The quantitative estimate of drug-likeness (QED) is 0.121. The van der Waals surface area contributed by atoms with Crippen LogP contribution in [0.5, 0.6) is 0 Å². The molecule has 3 unspecified atom stereocenters. The summed E-state index contributed by atoms with van der Waals surface area (Å²) >= 11 is 0. The van der Waals surface area contributed by atoms with Crippen molar-refractivity contribution in [2.24, 2.45) is 69.0 Å². The molecule has 102 heavy (non-hydrogen) atoms. The third-order valence-electron chi connectivity index (χ3n) is 26.2. The lowest BCUT2D eigenvalue weighted by Gasteiger charge is -2.48. The van der Waals surface area contributed by atoms with E-state index in [1.165, 1.54) is 38.6 Å². The third kappa shape index (κ3) is 11.3. The number of aromatic nitrogens is 3. The van der Waals surface area contributed by atoms with E-state index in [-0.39, 0.29) is 125 Å². The van der Waals surface area contributed by atoms with Gasteiger partial charge in [-0.2, -0.15) is 0 Å². The first kappa shape index (κ1) is 67.3. The standard InChI is InChI=1S/C28H30N2O4.C28H28N2O4.C28H30N2O4/c2*1-28-7-5-17-10-20-22(31)11-19(27(29)32)12-23(20)34-26(17)21(28)13-24(33-2)25(28)16-3-4-18-14-30-8-6-15(18)9-16;1-28-7-5-17-10-20-22(31)11-18(27(29)32)12-23(20)34-26(17)21(28)13-24(33-2)25(28)16-4-3-15-6-8-30-14-19(15)9-16/h3-4,6,8-10,14,19,21,24-26H,5,7,11-13H2,1-2H3,(H2,29,32);3-10,14,19,21,24-26H,11-13H2,1-2H3,(H2,29,32);3-4,6,8-10,14,18,21,24-26H,5,7,11-13H2,1-2H3,(H2,29,32)/t2*19?,21-,24+,25-,26+,28-;18?,21-,24+,25-,26+,28-/m000/s1. The zero-order valence-electron chi connectivity index (χ0n) is 58.6. The SMILES string of the molecule is CO[C@@H]1C[C@H]2[C@@H]3OC4=C(C=C3C=C[C@]2(C)[C@H]1c1ccc2cnccc2c1)C(=O)CC(C(N)=O)C4.CO[C@@H]1C[C@H]2[C@@H]3OC4=C(C=C3CC[C@]2(C)[C@H]1c1ccc2ccncc2c1)C(=O)CC(C(N)=O)C4.CO[C@@H]1C[C@H]2[C@@H]3OC4=C(C=C3CC[C@]2(C)[C@H]1c1ccc2cnccc2c1)C(=O)CC(C(N)=O)C4. The molecule has 3 aromatic carbocycles. The minimum atomic E-state index is -0.498. The maximum atomic E-state index is 12.7. The first-order valence-electron chi connectivity index (χ1n) is 36.2. The number of carbonyl (C=O) groups excluding carboxylic acids is 6. The van der Waals surface area contributed by atoms with Crippen LogP contribution in [0.15, 0.2) is 191 Å². The van der Waals surface area contributed by atoms with Crippen molar-refractivity contribution in [1.29, 1.82) is 0 Å². The summed E-state index contributed by atoms with van der Waals surface area (Å²) < 4.78 is 37.9. The van der Waals surface area contributed by atoms with E-state index >= 15 is 0 Å². The number of rotatable bonds is 9. The Morgan fingerprint density at radius 2 is 0.833 bits per heavy atom. The van der Waals surface area contributed by atoms with E-state index in [2.05, 4.69) is 121 Å². The van der Waals surface area contributed by atoms with Gasteiger partial charge in [0.1, 0.15) is 35.6 Å². The number of pyridine rings is 3. The molecule has 6 heterocycles. The maximum Gasteiger partial charge on any atom is 0.221 e. The summed E-state index contributed by atoms with van der Waals surface area (Å²) in [5.41, 5.74) is 25.5. The predicted molar refractivity (Wildman–Crippen MR) is 383 cm³/mol. The van der Waals surface area contributed by atoms with Crippen molar-refractivity contribution in [2.45, 2.75) is 159 Å². The number of nitrogens with two attached hydrogens (primary N) is 3. The summed E-state index contributed by atoms with van der Waals surface area (Å²) in [6, 6.07) is 26.0. The number of hydrogen-bond acceptors (Lipinski definition) is 15. The Hall–Kier alpha value is -9.23. The second kappa shape index (κ2) is 25.9. The van der Waals surface area contributed by atoms with E-state index in [9.17, 15) is 28.8 Å². The fourth-order valence-corrected chi connectivity index (χ4v) is 20.8. The van der Waals surface area contributed by atoms with Crippen LogP contribution in [0.1, 0.15) is 139 Å². The van der Waals surface area contributed by atoms with Crippen molar-refractivity contribution in [1.82, 2.24) is 15.0 Å². The van der Waals surface area contributed by atoms with Crippen LogP contribution >= 0.6 is 0 Å². The Morgan fingerprint density at radius 3 is 1.28 bits per heavy atom. The number of ether oxygens (including phenoxy) is 6. The molecule has 12 aliphatic rings. The van der Waals surface area contributed by atoms with E-state index < -0.39 is 35.5 Å². The van der Waals surface area contributed by atoms with Crippen molar-refractivity contribution < 1.29 is 57.2 Å².